The zero-order valence-corrected chi connectivity index (χ0v) is 18.5. The van der Waals surface area contributed by atoms with Crippen LogP contribution in [0.1, 0.15) is 25.3 Å². The normalized spacial score (nSPS) is 14.8. The van der Waals surface area contributed by atoms with Crippen LogP contribution in [-0.2, 0) is 16.0 Å². The molecule has 1 atom stereocenters. The number of para-hydroxylation sites is 1. The molecule has 1 heterocycles. The molecule has 1 unspecified atom stereocenters. The highest BCUT2D eigenvalue weighted by atomic mass is 32.2. The van der Waals surface area contributed by atoms with Crippen molar-refractivity contribution in [2.75, 3.05) is 42.9 Å². The van der Waals surface area contributed by atoms with E-state index < -0.39 is 11.3 Å². The second-order valence-corrected chi connectivity index (χ2v) is 7.90. The van der Waals surface area contributed by atoms with Gasteiger partial charge in [-0.3, -0.25) is 4.21 Å². The lowest BCUT2D eigenvalue weighted by atomic mass is 10.1. The van der Waals surface area contributed by atoms with Gasteiger partial charge < -0.3 is 29.0 Å². The highest BCUT2D eigenvalue weighted by Gasteiger charge is 2.20. The number of hydrogen-bond acceptors (Lipinski definition) is 6. The molecule has 0 saturated carbocycles. The third kappa shape index (κ3) is 6.15. The second kappa shape index (κ2) is 11.3. The number of nitrogens with one attached hydrogen (secondary N) is 2. The molecule has 30 heavy (non-hydrogen) atoms. The Kier molecular flexibility index (Phi) is 8.44. The Hall–Kier alpha value is -2.20. The molecule has 1 fully saturated rings. The molecule has 162 valence electrons. The molecule has 1 aliphatic heterocycles. The first kappa shape index (κ1) is 22.5. The average molecular weight is 449 g/mol. The SMILES string of the molecule is CCCCNc1cc(C(=S)N2CCOCC2)cc(NS(=O)[O-])c1Oc1ccccc1. The van der Waals surface area contributed by atoms with Gasteiger partial charge in [0.2, 0.25) is 0 Å². The number of ether oxygens (including phenoxy) is 2. The number of hydrogen-bond donors (Lipinski definition) is 2. The first-order valence-corrected chi connectivity index (χ1v) is 11.4. The molecule has 2 N–H and O–H groups in total. The molecule has 0 aliphatic carbocycles. The lowest BCUT2D eigenvalue weighted by Crippen LogP contribution is -2.40. The van der Waals surface area contributed by atoms with Crippen molar-refractivity contribution in [3.05, 3.63) is 48.0 Å². The Bertz CT molecular complexity index is 874. The van der Waals surface area contributed by atoms with Crippen LogP contribution in [0.15, 0.2) is 42.5 Å². The van der Waals surface area contributed by atoms with Gasteiger partial charge in [0.05, 0.1) is 24.6 Å². The van der Waals surface area contributed by atoms with E-state index in [9.17, 15) is 8.76 Å². The number of benzene rings is 2. The van der Waals surface area contributed by atoms with E-state index in [4.69, 9.17) is 21.7 Å². The molecule has 2 aromatic carbocycles. The average Bonchev–Trinajstić information content (AvgIpc) is 2.76. The summed E-state index contributed by atoms with van der Waals surface area (Å²) < 4.78 is 36.9. The Morgan fingerprint density at radius 2 is 1.93 bits per heavy atom. The van der Waals surface area contributed by atoms with E-state index in [1.54, 1.807) is 6.07 Å². The maximum absolute atomic E-state index is 11.5. The third-order valence-electron chi connectivity index (χ3n) is 4.64. The van der Waals surface area contributed by atoms with E-state index in [-0.39, 0.29) is 0 Å². The molecule has 0 radical (unpaired) electrons. The Labute approximate surface area is 185 Å². The standard InChI is InChI=1S/C21H27N3O4S2/c1-2-3-9-22-18-14-16(21(29)24-10-12-27-13-11-24)15-19(23-30(25)26)20(18)28-17-7-5-4-6-8-17/h4-8,14-15,22-23H,2-3,9-13H2,1H3,(H,25,26)/p-1. The molecular formula is C21H26N3O4S2-. The number of thiocarbonyl (C=S) groups is 1. The van der Waals surface area contributed by atoms with Crippen molar-refractivity contribution in [2.45, 2.75) is 19.8 Å². The molecule has 1 saturated heterocycles. The summed E-state index contributed by atoms with van der Waals surface area (Å²) in [5.74, 6) is 1.02. The van der Waals surface area contributed by atoms with Gasteiger partial charge in [-0.2, -0.15) is 0 Å². The summed E-state index contributed by atoms with van der Waals surface area (Å²) in [7, 11) is 0. The lowest BCUT2D eigenvalue weighted by molar-refractivity contribution is 0.0693. The van der Waals surface area contributed by atoms with E-state index in [1.165, 1.54) is 0 Å². The van der Waals surface area contributed by atoms with Crippen LogP contribution in [0.2, 0.25) is 0 Å². The fourth-order valence-electron chi connectivity index (χ4n) is 3.11. The van der Waals surface area contributed by atoms with Crippen LogP contribution in [0.5, 0.6) is 11.5 Å². The fourth-order valence-corrected chi connectivity index (χ4v) is 3.75. The maximum atomic E-state index is 11.5. The quantitative estimate of drug-likeness (QED) is 0.342. The van der Waals surface area contributed by atoms with E-state index in [0.29, 0.717) is 54.2 Å². The van der Waals surface area contributed by atoms with Gasteiger partial charge in [0.25, 0.3) is 0 Å². The second-order valence-electron chi connectivity index (χ2n) is 6.84. The smallest absolute Gasteiger partial charge is 0.174 e. The minimum Gasteiger partial charge on any atom is -0.755 e. The number of rotatable bonds is 9. The summed E-state index contributed by atoms with van der Waals surface area (Å²) in [6, 6.07) is 12.9. The molecule has 9 heteroatoms. The Balaban J connectivity index is 2.00. The van der Waals surface area contributed by atoms with Crippen molar-refractivity contribution >= 4 is 39.8 Å². The van der Waals surface area contributed by atoms with Crippen LogP contribution in [0.3, 0.4) is 0 Å². The van der Waals surface area contributed by atoms with E-state index in [1.807, 2.05) is 36.4 Å². The highest BCUT2D eigenvalue weighted by Crippen LogP contribution is 2.39. The van der Waals surface area contributed by atoms with Crippen molar-refractivity contribution in [1.29, 1.82) is 0 Å². The number of nitrogens with zero attached hydrogens (tertiary/aromatic N) is 1. The summed E-state index contributed by atoms with van der Waals surface area (Å²) >= 11 is 3.19. The van der Waals surface area contributed by atoms with Crippen LogP contribution < -0.4 is 14.8 Å². The van der Waals surface area contributed by atoms with Crippen LogP contribution in [-0.4, -0.2) is 51.5 Å². The van der Waals surface area contributed by atoms with Crippen molar-refractivity contribution in [2.24, 2.45) is 0 Å². The van der Waals surface area contributed by atoms with Gasteiger partial charge in [-0.15, -0.1) is 0 Å². The topological polar surface area (TPSA) is 85.9 Å². The van der Waals surface area contributed by atoms with Crippen LogP contribution in [0.25, 0.3) is 0 Å². The van der Waals surface area contributed by atoms with Crippen molar-refractivity contribution in [1.82, 2.24) is 4.90 Å². The van der Waals surface area contributed by atoms with Gasteiger partial charge >= 0.3 is 0 Å². The predicted octanol–water partition coefficient (Wildman–Crippen LogP) is 3.90. The first-order chi connectivity index (χ1) is 14.6. The van der Waals surface area contributed by atoms with Crippen molar-refractivity contribution < 1.29 is 18.2 Å². The zero-order chi connectivity index (χ0) is 21.3. The Morgan fingerprint density at radius 1 is 1.23 bits per heavy atom. The predicted molar refractivity (Wildman–Crippen MR) is 123 cm³/mol. The van der Waals surface area contributed by atoms with Crippen molar-refractivity contribution in [3.63, 3.8) is 0 Å². The van der Waals surface area contributed by atoms with Gasteiger partial charge in [-0.1, -0.05) is 43.8 Å². The van der Waals surface area contributed by atoms with Gasteiger partial charge in [0.15, 0.2) is 5.75 Å². The maximum Gasteiger partial charge on any atom is 0.174 e. The van der Waals surface area contributed by atoms with Gasteiger partial charge in [0, 0.05) is 36.5 Å². The molecule has 3 rings (SSSR count). The number of morpholine rings is 1. The van der Waals surface area contributed by atoms with E-state index in [0.717, 1.165) is 24.9 Å². The molecule has 0 bridgehead atoms. The summed E-state index contributed by atoms with van der Waals surface area (Å²) in [6.07, 6.45) is 2.00. The lowest BCUT2D eigenvalue weighted by Gasteiger charge is -2.30. The molecule has 7 nitrogen and oxygen atoms in total. The third-order valence-corrected chi connectivity index (χ3v) is 5.52. The van der Waals surface area contributed by atoms with Gasteiger partial charge in [-0.05, 0) is 30.7 Å². The fraction of sp³-hybridized carbons (Fsp3) is 0.381. The summed E-state index contributed by atoms with van der Waals surface area (Å²) in [4.78, 5) is 2.72. The first-order valence-electron chi connectivity index (χ1n) is 9.96. The van der Waals surface area contributed by atoms with Crippen LogP contribution in [0, 0.1) is 0 Å². The molecule has 0 amide bonds. The van der Waals surface area contributed by atoms with Crippen LogP contribution >= 0.6 is 12.2 Å². The monoisotopic (exact) mass is 448 g/mol. The largest absolute Gasteiger partial charge is 0.755 e. The van der Waals surface area contributed by atoms with E-state index >= 15 is 0 Å². The highest BCUT2D eigenvalue weighted by molar-refractivity contribution is 7.80. The van der Waals surface area contributed by atoms with E-state index in [2.05, 4.69) is 21.9 Å². The molecule has 2 aromatic rings. The molecule has 0 spiro atoms. The molecule has 1 aliphatic rings. The van der Waals surface area contributed by atoms with Gasteiger partial charge in [-0.25, -0.2) is 0 Å². The summed E-state index contributed by atoms with van der Waals surface area (Å²) in [6.45, 7) is 5.49. The minimum atomic E-state index is -2.51. The number of unbranched alkanes of at least 4 members (excludes halogenated alkanes) is 1. The molecular weight excluding hydrogens is 422 g/mol. The summed E-state index contributed by atoms with van der Waals surface area (Å²) in [5.41, 5.74) is 1.77. The minimum absolute atomic E-state index is 0.333. The number of anilines is 2. The van der Waals surface area contributed by atoms with Gasteiger partial charge in [0.1, 0.15) is 10.7 Å². The Morgan fingerprint density at radius 3 is 2.60 bits per heavy atom. The summed E-state index contributed by atoms with van der Waals surface area (Å²) in [5, 5.41) is 3.38. The zero-order valence-electron chi connectivity index (χ0n) is 16.9. The molecule has 0 aromatic heterocycles. The van der Waals surface area contributed by atoms with Crippen molar-refractivity contribution in [3.8, 4) is 11.5 Å². The van der Waals surface area contributed by atoms with Crippen LogP contribution in [0.4, 0.5) is 11.4 Å².